The van der Waals surface area contributed by atoms with Gasteiger partial charge in [0.05, 0.1) is 13.1 Å². The van der Waals surface area contributed by atoms with Crippen LogP contribution < -0.4 is 10.6 Å². The van der Waals surface area contributed by atoms with Gasteiger partial charge in [-0.05, 0) is 44.9 Å². The molecule has 6 nitrogen and oxygen atoms in total. The topological polar surface area (TPSA) is 64.7 Å². The number of carbonyl (C=O) groups excluding carboxylic acids is 2. The van der Waals surface area contributed by atoms with E-state index in [0.717, 1.165) is 45.4 Å². The molecule has 0 aromatic rings. The van der Waals surface area contributed by atoms with Crippen LogP contribution in [0.4, 0.5) is 0 Å². The molecule has 2 amide bonds. The van der Waals surface area contributed by atoms with Crippen molar-refractivity contribution < 1.29 is 9.59 Å². The van der Waals surface area contributed by atoms with Gasteiger partial charge in [-0.3, -0.25) is 9.59 Å². The van der Waals surface area contributed by atoms with Crippen molar-refractivity contribution >= 4 is 11.8 Å². The number of nitrogens with one attached hydrogen (secondary N) is 2. The van der Waals surface area contributed by atoms with Crippen molar-refractivity contribution in [3.05, 3.63) is 0 Å². The zero-order valence-corrected chi connectivity index (χ0v) is 16.7. The van der Waals surface area contributed by atoms with Crippen molar-refractivity contribution in [3.63, 3.8) is 0 Å². The van der Waals surface area contributed by atoms with Crippen LogP contribution in [0.3, 0.4) is 0 Å². The van der Waals surface area contributed by atoms with Gasteiger partial charge in [0.2, 0.25) is 11.8 Å². The summed E-state index contributed by atoms with van der Waals surface area (Å²) in [5, 5.41) is 7.01. The van der Waals surface area contributed by atoms with Crippen molar-refractivity contribution in [2.45, 2.75) is 81.7 Å². The Morgan fingerprint density at radius 1 is 0.667 bits per heavy atom. The Labute approximate surface area is 163 Å². The number of hydrogen-bond acceptors (Lipinski definition) is 4. The number of unbranched alkanes of at least 4 members (excludes halogenated alkanes) is 2. The second kappa shape index (κ2) is 8.08. The molecule has 6 heteroatoms. The van der Waals surface area contributed by atoms with Gasteiger partial charge < -0.3 is 20.4 Å². The van der Waals surface area contributed by atoms with E-state index in [1.165, 1.54) is 51.4 Å². The molecule has 2 N–H and O–H groups in total. The Balaban J connectivity index is 1.17. The lowest BCUT2D eigenvalue weighted by molar-refractivity contribution is -0.135. The van der Waals surface area contributed by atoms with Crippen molar-refractivity contribution in [1.29, 1.82) is 0 Å². The molecule has 4 fully saturated rings. The van der Waals surface area contributed by atoms with E-state index in [0.29, 0.717) is 13.1 Å². The summed E-state index contributed by atoms with van der Waals surface area (Å²) >= 11 is 0. The largest absolute Gasteiger partial charge is 0.340 e. The molecule has 0 aromatic carbocycles. The summed E-state index contributed by atoms with van der Waals surface area (Å²) in [5.74, 6) is 0.515. The number of hydrogen-bond donors (Lipinski definition) is 2. The van der Waals surface area contributed by atoms with Crippen LogP contribution >= 0.6 is 0 Å². The number of carbonyl (C=O) groups is 2. The van der Waals surface area contributed by atoms with Crippen LogP contribution in [0.25, 0.3) is 0 Å². The van der Waals surface area contributed by atoms with Crippen molar-refractivity contribution in [2.24, 2.45) is 0 Å². The summed E-state index contributed by atoms with van der Waals surface area (Å²) in [6.45, 7) is 4.56. The molecule has 2 heterocycles. The summed E-state index contributed by atoms with van der Waals surface area (Å²) in [6, 6.07) is 0. The Morgan fingerprint density at radius 3 is 1.48 bits per heavy atom. The lowest BCUT2D eigenvalue weighted by Crippen LogP contribution is -2.61. The minimum atomic E-state index is 0.205. The smallest absolute Gasteiger partial charge is 0.236 e. The average Bonchev–Trinajstić information content (AvgIpc) is 3.31. The molecule has 4 rings (SSSR count). The molecule has 0 aromatic heterocycles. The van der Waals surface area contributed by atoms with E-state index in [1.54, 1.807) is 0 Å². The predicted octanol–water partition coefficient (Wildman–Crippen LogP) is 1.65. The maximum atomic E-state index is 12.2. The number of nitrogens with zero attached hydrogens (tertiary/aromatic N) is 2. The van der Waals surface area contributed by atoms with Gasteiger partial charge in [-0.15, -0.1) is 0 Å². The molecule has 4 aliphatic rings. The molecule has 2 saturated heterocycles. The third-order valence-electron chi connectivity index (χ3n) is 7.40. The van der Waals surface area contributed by atoms with Gasteiger partial charge in [0.15, 0.2) is 0 Å². The Kier molecular flexibility index (Phi) is 5.74. The Hall–Kier alpha value is -1.14. The number of rotatable bonds is 6. The van der Waals surface area contributed by atoms with Gasteiger partial charge in [-0.25, -0.2) is 0 Å². The molecule has 0 radical (unpaired) electrons. The first-order valence-electron chi connectivity index (χ1n) is 11.2. The highest BCUT2D eigenvalue weighted by molar-refractivity contribution is 5.80. The van der Waals surface area contributed by atoms with Crippen LogP contribution in [0.2, 0.25) is 0 Å². The lowest BCUT2D eigenvalue weighted by Gasteiger charge is -2.41. The summed E-state index contributed by atoms with van der Waals surface area (Å²) in [4.78, 5) is 28.6. The summed E-state index contributed by atoms with van der Waals surface area (Å²) in [6.07, 6.45) is 13.2. The second-order valence-corrected chi connectivity index (χ2v) is 9.37. The second-order valence-electron chi connectivity index (χ2n) is 9.37. The maximum Gasteiger partial charge on any atom is 0.236 e. The molecule has 2 saturated carbocycles. The summed E-state index contributed by atoms with van der Waals surface area (Å²) in [5.41, 5.74) is 0.410. The van der Waals surface area contributed by atoms with Crippen LogP contribution in [0, 0.1) is 0 Å². The minimum Gasteiger partial charge on any atom is -0.340 e. The van der Waals surface area contributed by atoms with Crippen molar-refractivity contribution in [1.82, 2.24) is 20.4 Å². The molecule has 2 aliphatic carbocycles. The molecule has 2 spiro atoms. The fourth-order valence-electron chi connectivity index (χ4n) is 5.73. The van der Waals surface area contributed by atoms with Gasteiger partial charge in [-0.1, -0.05) is 25.7 Å². The standard InChI is InChI=1S/C21H36N4O2/c26-18-14-22-20(8-2-3-9-20)16-24(18)12-6-1-7-13-25-17-21(10-4-5-11-21)23-15-19(25)27/h22-23H,1-17H2. The zero-order chi connectivity index (χ0) is 18.7. The first kappa shape index (κ1) is 19.2. The fraction of sp³-hybridized carbons (Fsp3) is 0.905. The van der Waals surface area contributed by atoms with E-state index in [4.69, 9.17) is 0 Å². The Bertz CT molecular complexity index is 504. The van der Waals surface area contributed by atoms with Crippen molar-refractivity contribution in [3.8, 4) is 0 Å². The Morgan fingerprint density at radius 2 is 1.07 bits per heavy atom. The fourth-order valence-corrected chi connectivity index (χ4v) is 5.73. The molecule has 2 aliphatic heterocycles. The molecular formula is C21H36N4O2. The highest BCUT2D eigenvalue weighted by atomic mass is 16.2. The van der Waals surface area contributed by atoms with E-state index in [9.17, 15) is 9.59 Å². The van der Waals surface area contributed by atoms with Crippen LogP contribution in [-0.2, 0) is 9.59 Å². The van der Waals surface area contributed by atoms with Gasteiger partial charge in [-0.2, -0.15) is 0 Å². The first-order chi connectivity index (χ1) is 13.1. The maximum absolute atomic E-state index is 12.2. The van der Waals surface area contributed by atoms with Crippen LogP contribution in [0.5, 0.6) is 0 Å². The highest BCUT2D eigenvalue weighted by Crippen LogP contribution is 2.33. The lowest BCUT2D eigenvalue weighted by atomic mass is 9.94. The van der Waals surface area contributed by atoms with Crippen LogP contribution in [0.1, 0.15) is 70.6 Å². The molecule has 152 valence electrons. The van der Waals surface area contributed by atoms with Crippen LogP contribution in [0.15, 0.2) is 0 Å². The molecule has 0 unspecified atom stereocenters. The summed E-state index contributed by atoms with van der Waals surface area (Å²) in [7, 11) is 0. The van der Waals surface area contributed by atoms with Gasteiger partial charge >= 0.3 is 0 Å². The van der Waals surface area contributed by atoms with Crippen molar-refractivity contribution in [2.75, 3.05) is 39.3 Å². The normalized spacial score (nSPS) is 27.3. The zero-order valence-electron chi connectivity index (χ0n) is 16.7. The first-order valence-corrected chi connectivity index (χ1v) is 11.2. The molecule has 27 heavy (non-hydrogen) atoms. The number of amides is 2. The van der Waals surface area contributed by atoms with Crippen LogP contribution in [-0.4, -0.2) is 72.0 Å². The van der Waals surface area contributed by atoms with E-state index in [-0.39, 0.29) is 22.9 Å². The van der Waals surface area contributed by atoms with E-state index in [1.807, 2.05) is 0 Å². The SMILES string of the molecule is O=C1CNC2(CCCC2)CN1CCCCCN1CC2(CCCC2)NCC1=O. The number of piperazine rings is 2. The molecule has 0 atom stereocenters. The minimum absolute atomic E-state index is 0.205. The molecular weight excluding hydrogens is 340 g/mol. The average molecular weight is 377 g/mol. The third kappa shape index (κ3) is 4.32. The molecule has 0 bridgehead atoms. The highest BCUT2D eigenvalue weighted by Gasteiger charge is 2.41. The van der Waals surface area contributed by atoms with Gasteiger partial charge in [0.1, 0.15) is 0 Å². The van der Waals surface area contributed by atoms with E-state index >= 15 is 0 Å². The predicted molar refractivity (Wildman–Crippen MR) is 105 cm³/mol. The van der Waals surface area contributed by atoms with Gasteiger partial charge in [0, 0.05) is 37.3 Å². The monoisotopic (exact) mass is 376 g/mol. The van der Waals surface area contributed by atoms with E-state index < -0.39 is 0 Å². The van der Waals surface area contributed by atoms with E-state index in [2.05, 4.69) is 20.4 Å². The summed E-state index contributed by atoms with van der Waals surface area (Å²) < 4.78 is 0. The van der Waals surface area contributed by atoms with Gasteiger partial charge in [0.25, 0.3) is 0 Å². The quantitative estimate of drug-likeness (QED) is 0.692. The third-order valence-corrected chi connectivity index (χ3v) is 7.40.